The minimum atomic E-state index is 0.493. The number of hydrogen-bond donors (Lipinski definition) is 0. The van der Waals surface area contributed by atoms with Gasteiger partial charge in [0.25, 0.3) is 0 Å². The molecule has 1 fully saturated rings. The molecule has 1 nitrogen and oxygen atoms in total. The van der Waals surface area contributed by atoms with Gasteiger partial charge in [-0.15, -0.1) is 0 Å². The summed E-state index contributed by atoms with van der Waals surface area (Å²) in [5.74, 6) is 1.63. The highest BCUT2D eigenvalue weighted by Gasteiger charge is 2.50. The molecule has 0 spiro atoms. The fraction of sp³-hybridized carbons (Fsp3) is 0.438. The zero-order valence-electron chi connectivity index (χ0n) is 10.6. The van der Waals surface area contributed by atoms with Gasteiger partial charge in [0.1, 0.15) is 0 Å². The van der Waals surface area contributed by atoms with Gasteiger partial charge in [-0.05, 0) is 47.8 Å². The number of allylic oxidation sites excluding steroid dienone is 2. The van der Waals surface area contributed by atoms with Crippen molar-refractivity contribution in [1.29, 1.82) is 0 Å². The average molecular weight is 225 g/mol. The van der Waals surface area contributed by atoms with Gasteiger partial charge >= 0.3 is 0 Å². The van der Waals surface area contributed by atoms with E-state index >= 15 is 0 Å². The molecule has 3 aliphatic carbocycles. The molecular weight excluding hydrogens is 206 g/mol. The van der Waals surface area contributed by atoms with Crippen molar-refractivity contribution in [3.63, 3.8) is 0 Å². The molecule has 2 atom stereocenters. The molecule has 1 saturated carbocycles. The van der Waals surface area contributed by atoms with Crippen LogP contribution < -0.4 is 0 Å². The van der Waals surface area contributed by atoms with E-state index in [2.05, 4.69) is 43.3 Å². The Morgan fingerprint density at radius 3 is 2.65 bits per heavy atom. The van der Waals surface area contributed by atoms with Gasteiger partial charge in [0.05, 0.1) is 5.69 Å². The van der Waals surface area contributed by atoms with Gasteiger partial charge in [0.2, 0.25) is 0 Å². The largest absolute Gasteiger partial charge is 0.257 e. The molecule has 0 radical (unpaired) electrons. The van der Waals surface area contributed by atoms with Gasteiger partial charge in [0, 0.05) is 6.21 Å². The van der Waals surface area contributed by atoms with E-state index in [-0.39, 0.29) is 0 Å². The van der Waals surface area contributed by atoms with E-state index in [1.807, 2.05) is 18.2 Å². The number of aliphatic imine (C=N–C) groups is 1. The maximum atomic E-state index is 4.58. The molecule has 17 heavy (non-hydrogen) atoms. The summed E-state index contributed by atoms with van der Waals surface area (Å²) in [6.07, 6.45) is 7.06. The van der Waals surface area contributed by atoms with Gasteiger partial charge < -0.3 is 0 Å². The lowest BCUT2D eigenvalue weighted by Gasteiger charge is -2.55. The van der Waals surface area contributed by atoms with Crippen LogP contribution in [-0.4, -0.2) is 6.21 Å². The molecule has 0 heterocycles. The van der Waals surface area contributed by atoms with Crippen molar-refractivity contribution in [3.8, 4) is 0 Å². The van der Waals surface area contributed by atoms with Crippen LogP contribution in [0.25, 0.3) is 0 Å². The van der Waals surface area contributed by atoms with Crippen molar-refractivity contribution in [2.75, 3.05) is 0 Å². The summed E-state index contributed by atoms with van der Waals surface area (Å²) in [4.78, 5) is 4.58. The van der Waals surface area contributed by atoms with Crippen molar-refractivity contribution in [2.45, 2.75) is 26.7 Å². The molecule has 1 aromatic carbocycles. The van der Waals surface area contributed by atoms with Crippen molar-refractivity contribution in [3.05, 3.63) is 42.0 Å². The van der Waals surface area contributed by atoms with Crippen molar-refractivity contribution in [1.82, 2.24) is 0 Å². The first-order valence-electron chi connectivity index (χ1n) is 6.47. The topological polar surface area (TPSA) is 12.4 Å². The Balaban J connectivity index is 1.79. The van der Waals surface area contributed by atoms with Gasteiger partial charge in [-0.1, -0.05) is 38.1 Å². The summed E-state index contributed by atoms with van der Waals surface area (Å²) < 4.78 is 0. The Labute approximate surface area is 103 Å². The minimum absolute atomic E-state index is 0.493. The summed E-state index contributed by atoms with van der Waals surface area (Å²) in [5.41, 5.74) is 2.99. The van der Waals surface area contributed by atoms with Crippen LogP contribution in [0.2, 0.25) is 0 Å². The van der Waals surface area contributed by atoms with Crippen LogP contribution in [0.1, 0.15) is 26.7 Å². The third-order valence-electron chi connectivity index (χ3n) is 4.63. The second-order valence-corrected chi connectivity index (χ2v) is 5.84. The van der Waals surface area contributed by atoms with E-state index < -0.39 is 0 Å². The van der Waals surface area contributed by atoms with Crippen LogP contribution in [0.3, 0.4) is 0 Å². The summed E-state index contributed by atoms with van der Waals surface area (Å²) in [7, 11) is 0. The van der Waals surface area contributed by atoms with E-state index in [1.165, 1.54) is 18.4 Å². The highest BCUT2D eigenvalue weighted by molar-refractivity contribution is 5.82. The predicted molar refractivity (Wildman–Crippen MR) is 72.7 cm³/mol. The van der Waals surface area contributed by atoms with E-state index in [0.29, 0.717) is 5.41 Å². The maximum absolute atomic E-state index is 4.58. The van der Waals surface area contributed by atoms with Gasteiger partial charge in [-0.25, -0.2) is 0 Å². The normalized spacial score (nSPS) is 29.9. The summed E-state index contributed by atoms with van der Waals surface area (Å²) in [6.45, 7) is 4.80. The van der Waals surface area contributed by atoms with Crippen LogP contribution in [-0.2, 0) is 0 Å². The number of rotatable bonds is 2. The molecule has 0 aliphatic heterocycles. The lowest BCUT2D eigenvalue weighted by molar-refractivity contribution is -0.00123. The van der Waals surface area contributed by atoms with Crippen molar-refractivity contribution >= 4 is 11.9 Å². The van der Waals surface area contributed by atoms with Crippen LogP contribution in [0.15, 0.2) is 47.0 Å². The van der Waals surface area contributed by atoms with Crippen LogP contribution in [0.5, 0.6) is 0 Å². The molecule has 0 N–H and O–H groups in total. The summed E-state index contributed by atoms with van der Waals surface area (Å²) in [6, 6.07) is 10.2. The third-order valence-corrected chi connectivity index (χ3v) is 4.63. The number of benzene rings is 1. The molecule has 1 aromatic rings. The third kappa shape index (κ3) is 1.74. The van der Waals surface area contributed by atoms with Crippen molar-refractivity contribution in [2.24, 2.45) is 22.2 Å². The Bertz CT molecular complexity index is 468. The van der Waals surface area contributed by atoms with Crippen LogP contribution in [0, 0.1) is 17.3 Å². The average Bonchev–Trinajstić information content (AvgIpc) is 2.37. The standard InChI is InChI=1S/C16H19N/c1-16(2)13-9-8-12(15(16)10-13)11-17-14-6-4-3-5-7-14/h3-8,11,13,15H,9-10H2,1-2H3. The fourth-order valence-electron chi connectivity index (χ4n) is 3.21. The summed E-state index contributed by atoms with van der Waals surface area (Å²) in [5, 5.41) is 0. The summed E-state index contributed by atoms with van der Waals surface area (Å²) >= 11 is 0. The van der Waals surface area contributed by atoms with Crippen LogP contribution in [0.4, 0.5) is 5.69 Å². The monoisotopic (exact) mass is 225 g/mol. The second kappa shape index (κ2) is 3.83. The van der Waals surface area contributed by atoms with Gasteiger partial charge in [0.15, 0.2) is 0 Å². The van der Waals surface area contributed by atoms with E-state index in [0.717, 1.165) is 17.5 Å². The zero-order valence-corrected chi connectivity index (χ0v) is 10.6. The van der Waals surface area contributed by atoms with Gasteiger partial charge in [-0.3, -0.25) is 4.99 Å². The number of hydrogen-bond acceptors (Lipinski definition) is 1. The number of fused-ring (bicyclic) bond motifs is 1. The zero-order chi connectivity index (χ0) is 11.9. The van der Waals surface area contributed by atoms with Crippen LogP contribution >= 0.6 is 0 Å². The second-order valence-electron chi connectivity index (χ2n) is 5.84. The molecule has 0 aromatic heterocycles. The Hall–Kier alpha value is -1.37. The molecule has 4 rings (SSSR count). The molecule has 0 saturated heterocycles. The maximum Gasteiger partial charge on any atom is 0.0629 e. The van der Waals surface area contributed by atoms with E-state index in [9.17, 15) is 0 Å². The predicted octanol–water partition coefficient (Wildman–Crippen LogP) is 4.38. The molecule has 2 bridgehead atoms. The quantitative estimate of drug-likeness (QED) is 0.662. The molecule has 1 heteroatoms. The molecular formula is C16H19N. The first-order valence-corrected chi connectivity index (χ1v) is 6.47. The lowest BCUT2D eigenvalue weighted by atomic mass is 9.49. The highest BCUT2D eigenvalue weighted by Crippen LogP contribution is 2.58. The number of para-hydroxylation sites is 1. The molecule has 88 valence electrons. The van der Waals surface area contributed by atoms with Crippen molar-refractivity contribution < 1.29 is 0 Å². The van der Waals surface area contributed by atoms with Gasteiger partial charge in [-0.2, -0.15) is 0 Å². The molecule has 0 amide bonds. The van der Waals surface area contributed by atoms with E-state index in [1.54, 1.807) is 0 Å². The highest BCUT2D eigenvalue weighted by atomic mass is 14.7. The lowest BCUT2D eigenvalue weighted by Crippen LogP contribution is -2.48. The smallest absolute Gasteiger partial charge is 0.0629 e. The SMILES string of the molecule is CC1(C)C2CC=C(C=Nc3ccccc3)C1C2. The Morgan fingerprint density at radius 2 is 2.00 bits per heavy atom. The molecule has 3 aliphatic rings. The van der Waals surface area contributed by atoms with E-state index in [4.69, 9.17) is 0 Å². The fourth-order valence-corrected chi connectivity index (χ4v) is 3.21. The minimum Gasteiger partial charge on any atom is -0.257 e. The Kier molecular flexibility index (Phi) is 2.43. The molecule has 2 unspecified atom stereocenters. The first-order chi connectivity index (χ1) is 8.18. The first kappa shape index (κ1) is 10.8. The number of nitrogens with zero attached hydrogens (tertiary/aromatic N) is 1. The Morgan fingerprint density at radius 1 is 1.24 bits per heavy atom.